The lowest BCUT2D eigenvalue weighted by atomic mass is 9.99. The standard InChI is InChI=1S/C11H9F6IN2O4S/c12-10(13,14)9(11(15,16)17,4-25(22,23)24)20-8(21)5-1-2-7(19)6(18)3-5/h1-3H,4,19H2,(H,20,21)(H,22,23,24). The molecule has 0 unspecified atom stereocenters. The van der Waals surface area contributed by atoms with Crippen LogP contribution in [0.4, 0.5) is 32.0 Å². The van der Waals surface area contributed by atoms with Gasteiger partial charge in [-0.2, -0.15) is 34.8 Å². The first-order valence-corrected chi connectivity index (χ1v) is 8.65. The molecule has 4 N–H and O–H groups in total. The third-order valence-corrected chi connectivity index (χ3v) is 4.69. The summed E-state index contributed by atoms with van der Waals surface area (Å²) in [4.78, 5) is 11.9. The molecule has 0 saturated carbocycles. The van der Waals surface area contributed by atoms with Crippen molar-refractivity contribution < 1.29 is 44.1 Å². The minimum atomic E-state index is -6.27. The largest absolute Gasteiger partial charge is 0.421 e. The summed E-state index contributed by atoms with van der Waals surface area (Å²) in [7, 11) is -5.77. The van der Waals surface area contributed by atoms with Gasteiger partial charge in [-0.3, -0.25) is 9.35 Å². The summed E-state index contributed by atoms with van der Waals surface area (Å²) in [6.07, 6.45) is -12.5. The van der Waals surface area contributed by atoms with Crippen LogP contribution in [0.15, 0.2) is 18.2 Å². The Morgan fingerprint density at radius 1 is 1.16 bits per heavy atom. The first kappa shape index (κ1) is 21.8. The summed E-state index contributed by atoms with van der Waals surface area (Å²) >= 11 is 1.59. The number of hydrogen-bond acceptors (Lipinski definition) is 4. The summed E-state index contributed by atoms with van der Waals surface area (Å²) in [5, 5.41) is 0.658. The number of anilines is 1. The van der Waals surface area contributed by atoms with Crippen molar-refractivity contribution in [3.8, 4) is 0 Å². The molecule has 0 bridgehead atoms. The Kier molecular flexibility index (Phi) is 5.91. The third kappa shape index (κ3) is 4.87. The van der Waals surface area contributed by atoms with Crippen molar-refractivity contribution >= 4 is 44.3 Å². The van der Waals surface area contributed by atoms with Crippen molar-refractivity contribution in [2.24, 2.45) is 0 Å². The summed E-state index contributed by atoms with van der Waals surface area (Å²) in [6, 6.07) is 2.84. The Balaban J connectivity index is 3.46. The average Bonchev–Trinajstić information content (AvgIpc) is 2.36. The zero-order chi connectivity index (χ0) is 19.8. The van der Waals surface area contributed by atoms with Crippen molar-refractivity contribution in [3.05, 3.63) is 27.3 Å². The number of amides is 1. The van der Waals surface area contributed by atoms with Crippen LogP contribution in [0.25, 0.3) is 0 Å². The molecule has 1 amide bonds. The lowest BCUT2D eigenvalue weighted by Gasteiger charge is -2.36. The number of nitrogen functional groups attached to an aromatic ring is 1. The molecular weight excluding hydrogens is 497 g/mol. The number of benzene rings is 1. The predicted molar refractivity (Wildman–Crippen MR) is 82.3 cm³/mol. The van der Waals surface area contributed by atoms with E-state index in [0.717, 1.165) is 18.2 Å². The molecule has 0 atom stereocenters. The Labute approximate surface area is 150 Å². The van der Waals surface area contributed by atoms with Gasteiger partial charge in [0.2, 0.25) is 5.54 Å². The molecule has 0 aliphatic rings. The molecule has 0 fully saturated rings. The lowest BCUT2D eigenvalue weighted by Crippen LogP contribution is -2.70. The van der Waals surface area contributed by atoms with Gasteiger partial charge in [-0.05, 0) is 40.8 Å². The predicted octanol–water partition coefficient (Wildman–Crippen LogP) is 2.35. The van der Waals surface area contributed by atoms with E-state index in [1.165, 1.54) is 0 Å². The highest BCUT2D eigenvalue weighted by molar-refractivity contribution is 14.1. The van der Waals surface area contributed by atoms with Gasteiger partial charge in [0.05, 0.1) is 0 Å². The Morgan fingerprint density at radius 3 is 2.00 bits per heavy atom. The van der Waals surface area contributed by atoms with Gasteiger partial charge in [-0.25, -0.2) is 0 Å². The molecule has 0 spiro atoms. The van der Waals surface area contributed by atoms with Crippen molar-refractivity contribution in [2.45, 2.75) is 17.9 Å². The van der Waals surface area contributed by atoms with E-state index in [2.05, 4.69) is 0 Å². The van der Waals surface area contributed by atoms with Crippen LogP contribution >= 0.6 is 22.6 Å². The highest BCUT2D eigenvalue weighted by atomic mass is 127. The van der Waals surface area contributed by atoms with Gasteiger partial charge in [-0.15, -0.1) is 0 Å². The molecule has 0 saturated heterocycles. The van der Waals surface area contributed by atoms with Gasteiger partial charge >= 0.3 is 12.4 Å². The van der Waals surface area contributed by atoms with Crippen molar-refractivity contribution in [3.63, 3.8) is 0 Å². The van der Waals surface area contributed by atoms with Crippen LogP contribution in [0.2, 0.25) is 0 Å². The molecule has 1 aromatic rings. The monoisotopic (exact) mass is 506 g/mol. The fraction of sp³-hybridized carbons (Fsp3) is 0.364. The molecule has 25 heavy (non-hydrogen) atoms. The molecule has 1 aromatic carbocycles. The SMILES string of the molecule is Nc1ccc(C(=O)NC(CS(=O)(=O)O)(C(F)(F)F)C(F)(F)F)cc1I. The van der Waals surface area contributed by atoms with E-state index in [-0.39, 0.29) is 9.26 Å². The third-order valence-electron chi connectivity index (χ3n) is 2.96. The quantitative estimate of drug-likeness (QED) is 0.252. The molecule has 0 aromatic heterocycles. The average molecular weight is 506 g/mol. The van der Waals surface area contributed by atoms with E-state index in [1.807, 2.05) is 0 Å². The minimum absolute atomic E-state index is 0.119. The van der Waals surface area contributed by atoms with Gasteiger partial charge in [0.1, 0.15) is 5.75 Å². The number of hydrogen-bond donors (Lipinski definition) is 3. The highest BCUT2D eigenvalue weighted by Crippen LogP contribution is 2.44. The number of carbonyl (C=O) groups excluding carboxylic acids is 1. The molecule has 6 nitrogen and oxygen atoms in total. The fourth-order valence-corrected chi connectivity index (χ4v) is 3.17. The van der Waals surface area contributed by atoms with Gasteiger partial charge in [0.15, 0.2) is 0 Å². The van der Waals surface area contributed by atoms with Crippen LogP contribution in [-0.2, 0) is 10.1 Å². The van der Waals surface area contributed by atoms with Crippen LogP contribution in [-0.4, -0.2) is 42.5 Å². The van der Waals surface area contributed by atoms with Crippen molar-refractivity contribution in [1.82, 2.24) is 5.32 Å². The first-order valence-electron chi connectivity index (χ1n) is 5.96. The maximum absolute atomic E-state index is 13.1. The van der Waals surface area contributed by atoms with Gasteiger partial charge in [-0.1, -0.05) is 0 Å². The number of alkyl halides is 6. The molecule has 142 valence electrons. The van der Waals surface area contributed by atoms with E-state index in [9.17, 15) is 39.6 Å². The molecule has 0 radical (unpaired) electrons. The molecule has 1 rings (SSSR count). The Hall–Kier alpha value is -1.29. The molecule has 0 aliphatic heterocycles. The van der Waals surface area contributed by atoms with Gasteiger partial charge < -0.3 is 11.1 Å². The van der Waals surface area contributed by atoms with Crippen LogP contribution in [0.1, 0.15) is 10.4 Å². The number of nitrogens with one attached hydrogen (secondary N) is 1. The van der Waals surface area contributed by atoms with Crippen LogP contribution in [0.5, 0.6) is 0 Å². The summed E-state index contributed by atoms with van der Waals surface area (Å²) in [6.45, 7) is 0. The summed E-state index contributed by atoms with van der Waals surface area (Å²) in [5.74, 6) is -4.68. The van der Waals surface area contributed by atoms with E-state index in [1.54, 1.807) is 22.6 Å². The number of halogens is 7. The second kappa shape index (κ2) is 6.79. The minimum Gasteiger partial charge on any atom is -0.398 e. The first-order chi connectivity index (χ1) is 11.0. The molecule has 0 heterocycles. The van der Waals surface area contributed by atoms with E-state index in [4.69, 9.17) is 10.3 Å². The molecule has 0 aliphatic carbocycles. The Morgan fingerprint density at radius 2 is 1.64 bits per heavy atom. The molecule has 14 heteroatoms. The molecular formula is C11H9F6IN2O4S. The van der Waals surface area contributed by atoms with Crippen LogP contribution in [0, 0.1) is 3.57 Å². The topological polar surface area (TPSA) is 109 Å². The normalized spacial score (nSPS) is 13.6. The Bertz CT molecular complexity index is 764. The second-order valence-corrected chi connectivity index (χ2v) is 7.43. The second-order valence-electron chi connectivity index (χ2n) is 4.82. The number of carbonyl (C=O) groups is 1. The fourth-order valence-electron chi connectivity index (χ4n) is 1.71. The highest BCUT2D eigenvalue weighted by Gasteiger charge is 2.73. The van der Waals surface area contributed by atoms with E-state index < -0.39 is 45.2 Å². The zero-order valence-electron chi connectivity index (χ0n) is 11.7. The van der Waals surface area contributed by atoms with Crippen LogP contribution < -0.4 is 11.1 Å². The van der Waals surface area contributed by atoms with Crippen molar-refractivity contribution in [1.29, 1.82) is 0 Å². The van der Waals surface area contributed by atoms with E-state index >= 15 is 0 Å². The smallest absolute Gasteiger partial charge is 0.398 e. The summed E-state index contributed by atoms with van der Waals surface area (Å²) < 4.78 is 109. The maximum atomic E-state index is 13.1. The summed E-state index contributed by atoms with van der Waals surface area (Å²) in [5.41, 5.74) is -0.271. The number of rotatable bonds is 4. The lowest BCUT2D eigenvalue weighted by molar-refractivity contribution is -0.296. The number of nitrogens with two attached hydrogens (primary N) is 1. The van der Waals surface area contributed by atoms with E-state index in [0.29, 0.717) is 5.32 Å². The zero-order valence-corrected chi connectivity index (χ0v) is 14.7. The van der Waals surface area contributed by atoms with Gasteiger partial charge in [0.25, 0.3) is 16.0 Å². The van der Waals surface area contributed by atoms with Crippen LogP contribution in [0.3, 0.4) is 0 Å². The van der Waals surface area contributed by atoms with Crippen molar-refractivity contribution in [2.75, 3.05) is 11.5 Å². The maximum Gasteiger partial charge on any atom is 0.421 e. The van der Waals surface area contributed by atoms with Gasteiger partial charge in [0, 0.05) is 14.8 Å².